The van der Waals surface area contributed by atoms with Crippen LogP contribution in [0.4, 0.5) is 10.1 Å². The largest absolute Gasteiger partial charge is 0.377 e. The molecule has 9 nitrogen and oxygen atoms in total. The number of anilines is 1. The summed E-state index contributed by atoms with van der Waals surface area (Å²) in [7, 11) is 0. The molecule has 1 aliphatic rings. The Morgan fingerprint density at radius 3 is 3.00 bits per heavy atom. The van der Waals surface area contributed by atoms with Gasteiger partial charge in [0.2, 0.25) is 11.8 Å². The number of hydrogen-bond donors (Lipinski definition) is 1. The lowest BCUT2D eigenvalue weighted by atomic mass is 10.1. The van der Waals surface area contributed by atoms with Crippen LogP contribution in [0, 0.1) is 12.7 Å². The minimum Gasteiger partial charge on any atom is -0.377 e. The van der Waals surface area contributed by atoms with E-state index in [0.717, 1.165) is 0 Å². The Morgan fingerprint density at radius 1 is 1.41 bits per heavy atom. The number of hydrogen-bond acceptors (Lipinski definition) is 6. The summed E-state index contributed by atoms with van der Waals surface area (Å²) in [4.78, 5) is 26.5. The van der Waals surface area contributed by atoms with E-state index in [-0.39, 0.29) is 43.1 Å². The van der Waals surface area contributed by atoms with E-state index in [9.17, 15) is 14.0 Å². The van der Waals surface area contributed by atoms with Gasteiger partial charge in [0.15, 0.2) is 0 Å². The fraction of sp³-hybridized carbons (Fsp3) is 0.471. The van der Waals surface area contributed by atoms with Crippen LogP contribution < -0.4 is 5.32 Å². The molecule has 1 atom stereocenters. The van der Waals surface area contributed by atoms with E-state index >= 15 is 0 Å². The number of carbonyl (C=O) groups is 2. The van der Waals surface area contributed by atoms with Crippen molar-refractivity contribution in [1.29, 1.82) is 0 Å². The van der Waals surface area contributed by atoms with Crippen molar-refractivity contribution in [2.24, 2.45) is 0 Å². The fourth-order valence-corrected chi connectivity index (χ4v) is 2.89. The normalized spacial score (nSPS) is 17.0. The lowest BCUT2D eigenvalue weighted by molar-refractivity contribution is -0.141. The Labute approximate surface area is 155 Å². The van der Waals surface area contributed by atoms with Crippen LogP contribution in [0.15, 0.2) is 24.5 Å². The zero-order valence-electron chi connectivity index (χ0n) is 15.0. The van der Waals surface area contributed by atoms with Gasteiger partial charge in [-0.1, -0.05) is 6.07 Å². The van der Waals surface area contributed by atoms with Crippen molar-refractivity contribution in [2.75, 3.05) is 25.1 Å². The second-order valence-electron chi connectivity index (χ2n) is 6.36. The molecule has 1 aromatic heterocycles. The summed E-state index contributed by atoms with van der Waals surface area (Å²) in [5, 5.41) is 13.4. The monoisotopic (exact) mass is 376 g/mol. The summed E-state index contributed by atoms with van der Waals surface area (Å²) < 4.78 is 20.5. The predicted molar refractivity (Wildman–Crippen MR) is 93.1 cm³/mol. The van der Waals surface area contributed by atoms with E-state index in [1.807, 2.05) is 0 Å². The topological polar surface area (TPSA) is 102 Å². The van der Waals surface area contributed by atoms with Gasteiger partial charge in [-0.3, -0.25) is 9.59 Å². The SMILES string of the molecule is Cc1ccc(NC(=O)CC2COCCN2C(=O)CCn2cnnn2)cc1F. The molecule has 2 amide bonds. The van der Waals surface area contributed by atoms with Gasteiger partial charge in [-0.2, -0.15) is 0 Å². The Kier molecular flexibility index (Phi) is 6.07. The van der Waals surface area contributed by atoms with Gasteiger partial charge >= 0.3 is 0 Å². The van der Waals surface area contributed by atoms with Gasteiger partial charge in [0, 0.05) is 25.1 Å². The number of aryl methyl sites for hydroxylation is 2. The number of rotatable bonds is 6. The maximum Gasteiger partial charge on any atom is 0.226 e. The molecule has 0 aliphatic carbocycles. The maximum absolute atomic E-state index is 13.6. The number of tetrazole rings is 1. The number of ether oxygens (including phenoxy) is 1. The van der Waals surface area contributed by atoms with Crippen LogP contribution >= 0.6 is 0 Å². The third kappa shape index (κ3) is 5.07. The second kappa shape index (κ2) is 8.67. The minimum absolute atomic E-state index is 0.0755. The molecule has 1 aromatic carbocycles. The first-order chi connectivity index (χ1) is 13.0. The summed E-state index contributed by atoms with van der Waals surface area (Å²) in [6, 6.07) is 4.15. The summed E-state index contributed by atoms with van der Waals surface area (Å²) in [5.41, 5.74) is 0.893. The third-order valence-electron chi connectivity index (χ3n) is 4.37. The number of benzene rings is 1. The van der Waals surface area contributed by atoms with Crippen LogP contribution in [-0.2, 0) is 20.9 Å². The van der Waals surface area contributed by atoms with Gasteiger partial charge in [-0.05, 0) is 35.0 Å². The Bertz CT molecular complexity index is 798. The quantitative estimate of drug-likeness (QED) is 0.799. The summed E-state index contributed by atoms with van der Waals surface area (Å²) >= 11 is 0. The van der Waals surface area contributed by atoms with Gasteiger partial charge in [0.1, 0.15) is 12.1 Å². The minimum atomic E-state index is -0.381. The highest BCUT2D eigenvalue weighted by molar-refractivity contribution is 5.91. The number of nitrogens with one attached hydrogen (secondary N) is 1. The van der Waals surface area contributed by atoms with E-state index < -0.39 is 0 Å². The lowest BCUT2D eigenvalue weighted by Gasteiger charge is -2.35. The van der Waals surface area contributed by atoms with Crippen molar-refractivity contribution in [2.45, 2.75) is 32.4 Å². The molecule has 144 valence electrons. The molecule has 1 fully saturated rings. The van der Waals surface area contributed by atoms with Crippen LogP contribution in [0.25, 0.3) is 0 Å². The number of nitrogens with zero attached hydrogens (tertiary/aromatic N) is 5. The van der Waals surface area contributed by atoms with Crippen LogP contribution in [0.1, 0.15) is 18.4 Å². The van der Waals surface area contributed by atoms with Crippen molar-refractivity contribution in [3.8, 4) is 0 Å². The van der Waals surface area contributed by atoms with Crippen molar-refractivity contribution in [1.82, 2.24) is 25.1 Å². The van der Waals surface area contributed by atoms with Gasteiger partial charge < -0.3 is 15.0 Å². The molecule has 0 spiro atoms. The van der Waals surface area contributed by atoms with E-state index in [4.69, 9.17) is 4.74 Å². The van der Waals surface area contributed by atoms with Gasteiger partial charge in [-0.15, -0.1) is 5.10 Å². The van der Waals surface area contributed by atoms with Gasteiger partial charge in [0.25, 0.3) is 0 Å². The highest BCUT2D eigenvalue weighted by atomic mass is 19.1. The predicted octanol–water partition coefficient (Wildman–Crippen LogP) is 0.767. The van der Waals surface area contributed by atoms with Crippen molar-refractivity contribution < 1.29 is 18.7 Å². The average molecular weight is 376 g/mol. The number of aromatic nitrogens is 4. The van der Waals surface area contributed by atoms with Gasteiger partial charge in [-0.25, -0.2) is 9.07 Å². The molecule has 2 aromatic rings. The molecular formula is C17H21FN6O3. The summed E-state index contributed by atoms with van der Waals surface area (Å²) in [6.45, 7) is 3.15. The zero-order valence-corrected chi connectivity index (χ0v) is 15.0. The molecule has 1 N–H and O–H groups in total. The Morgan fingerprint density at radius 2 is 2.26 bits per heavy atom. The van der Waals surface area contributed by atoms with E-state index in [1.54, 1.807) is 24.0 Å². The molecule has 2 heterocycles. The van der Waals surface area contributed by atoms with Crippen molar-refractivity contribution in [3.05, 3.63) is 35.9 Å². The summed E-state index contributed by atoms with van der Waals surface area (Å²) in [5.74, 6) is -0.770. The van der Waals surface area contributed by atoms with Crippen LogP contribution in [0.2, 0.25) is 0 Å². The number of halogens is 1. The molecule has 1 unspecified atom stereocenters. The van der Waals surface area contributed by atoms with Crippen LogP contribution in [-0.4, -0.2) is 62.7 Å². The van der Waals surface area contributed by atoms with Crippen LogP contribution in [0.3, 0.4) is 0 Å². The zero-order chi connectivity index (χ0) is 19.2. The third-order valence-corrected chi connectivity index (χ3v) is 4.37. The van der Waals surface area contributed by atoms with E-state index in [2.05, 4.69) is 20.8 Å². The first-order valence-electron chi connectivity index (χ1n) is 8.67. The molecule has 10 heteroatoms. The van der Waals surface area contributed by atoms with Crippen molar-refractivity contribution >= 4 is 17.5 Å². The molecule has 0 radical (unpaired) electrons. The number of carbonyl (C=O) groups excluding carboxylic acids is 2. The van der Waals surface area contributed by atoms with Crippen molar-refractivity contribution in [3.63, 3.8) is 0 Å². The second-order valence-corrected chi connectivity index (χ2v) is 6.36. The molecule has 1 saturated heterocycles. The molecule has 27 heavy (non-hydrogen) atoms. The molecule has 3 rings (SSSR count). The molecule has 0 bridgehead atoms. The number of amides is 2. The first kappa shape index (κ1) is 18.9. The maximum atomic E-state index is 13.6. The molecular weight excluding hydrogens is 355 g/mol. The first-order valence-corrected chi connectivity index (χ1v) is 8.67. The summed E-state index contributed by atoms with van der Waals surface area (Å²) in [6.07, 6.45) is 1.75. The Balaban J connectivity index is 1.56. The molecule has 0 saturated carbocycles. The average Bonchev–Trinajstić information content (AvgIpc) is 3.17. The lowest BCUT2D eigenvalue weighted by Crippen LogP contribution is -2.50. The standard InChI is InChI=1S/C17H21FN6O3/c1-12-2-3-13(8-15(12)18)20-16(25)9-14-10-27-7-6-24(14)17(26)4-5-23-11-19-21-22-23/h2-3,8,11,14H,4-7,9-10H2,1H3,(H,20,25). The number of morpholine rings is 1. The highest BCUT2D eigenvalue weighted by Crippen LogP contribution is 2.16. The van der Waals surface area contributed by atoms with E-state index in [0.29, 0.717) is 30.9 Å². The fourth-order valence-electron chi connectivity index (χ4n) is 2.89. The smallest absolute Gasteiger partial charge is 0.226 e. The highest BCUT2D eigenvalue weighted by Gasteiger charge is 2.29. The molecule has 1 aliphatic heterocycles. The Hall–Kier alpha value is -2.88. The van der Waals surface area contributed by atoms with Crippen LogP contribution in [0.5, 0.6) is 0 Å². The van der Waals surface area contributed by atoms with E-state index in [1.165, 1.54) is 17.1 Å². The van der Waals surface area contributed by atoms with Gasteiger partial charge in [0.05, 0.1) is 25.8 Å².